The number of rotatable bonds is 3. The molecule has 1 aromatic heterocycles. The van der Waals surface area contributed by atoms with Gasteiger partial charge < -0.3 is 16.4 Å². The highest BCUT2D eigenvalue weighted by Gasteiger charge is 2.03. The average molecular weight is 242 g/mol. The second-order valence-corrected chi connectivity index (χ2v) is 3.76. The van der Waals surface area contributed by atoms with Crippen molar-refractivity contribution in [2.24, 2.45) is 0 Å². The molecule has 0 unspecified atom stereocenters. The molecule has 2 aromatic rings. The molecule has 0 aliphatic carbocycles. The Labute approximate surface area is 105 Å². The Balaban J connectivity index is 1.88. The van der Waals surface area contributed by atoms with E-state index in [2.05, 4.69) is 15.6 Å². The van der Waals surface area contributed by atoms with Crippen molar-refractivity contribution in [2.75, 3.05) is 11.1 Å². The zero-order valence-electron chi connectivity index (χ0n) is 9.76. The summed E-state index contributed by atoms with van der Waals surface area (Å²) in [6.07, 6.45) is 3.07. The van der Waals surface area contributed by atoms with E-state index in [1.54, 1.807) is 12.3 Å². The summed E-state index contributed by atoms with van der Waals surface area (Å²) in [7, 11) is 0. The summed E-state index contributed by atoms with van der Waals surface area (Å²) in [6, 6.07) is 11.0. The van der Waals surface area contributed by atoms with Crippen LogP contribution in [0, 0.1) is 0 Å². The molecular formula is C13H14N4O. The molecule has 0 spiro atoms. The molecular weight excluding hydrogens is 228 g/mol. The largest absolute Gasteiger partial charge is 0.396 e. The number of aromatic nitrogens is 1. The van der Waals surface area contributed by atoms with Gasteiger partial charge in [-0.2, -0.15) is 0 Å². The fourth-order valence-corrected chi connectivity index (χ4v) is 1.47. The van der Waals surface area contributed by atoms with Crippen LogP contribution in [0.5, 0.6) is 0 Å². The van der Waals surface area contributed by atoms with Crippen LogP contribution in [0.2, 0.25) is 0 Å². The fourth-order valence-electron chi connectivity index (χ4n) is 1.47. The highest BCUT2D eigenvalue weighted by molar-refractivity contribution is 5.92. The van der Waals surface area contributed by atoms with Gasteiger partial charge in [-0.1, -0.05) is 30.3 Å². The number of nitrogens with one attached hydrogen (secondary N) is 2. The van der Waals surface area contributed by atoms with E-state index in [-0.39, 0.29) is 6.03 Å². The number of benzene rings is 1. The SMILES string of the molecule is Nc1cnccc1NC(=O)NCc1ccccc1. The van der Waals surface area contributed by atoms with Crippen molar-refractivity contribution in [1.29, 1.82) is 0 Å². The molecule has 5 nitrogen and oxygen atoms in total. The molecule has 1 heterocycles. The summed E-state index contributed by atoms with van der Waals surface area (Å²) in [4.78, 5) is 15.5. The van der Waals surface area contributed by atoms with Crippen LogP contribution >= 0.6 is 0 Å². The molecule has 0 saturated heterocycles. The van der Waals surface area contributed by atoms with Gasteiger partial charge in [-0.15, -0.1) is 0 Å². The molecule has 0 radical (unpaired) electrons. The van der Waals surface area contributed by atoms with Gasteiger partial charge in [-0.25, -0.2) is 4.79 Å². The smallest absolute Gasteiger partial charge is 0.319 e. The van der Waals surface area contributed by atoms with Crippen molar-refractivity contribution in [3.05, 3.63) is 54.4 Å². The van der Waals surface area contributed by atoms with Crippen molar-refractivity contribution in [2.45, 2.75) is 6.54 Å². The number of carbonyl (C=O) groups is 1. The third kappa shape index (κ3) is 3.21. The first-order valence-corrected chi connectivity index (χ1v) is 5.54. The molecule has 0 fully saturated rings. The Morgan fingerprint density at radius 3 is 2.72 bits per heavy atom. The van der Waals surface area contributed by atoms with E-state index in [1.165, 1.54) is 6.20 Å². The Bertz CT molecular complexity index is 528. The molecule has 0 saturated carbocycles. The quantitative estimate of drug-likeness (QED) is 0.770. The van der Waals surface area contributed by atoms with E-state index in [1.807, 2.05) is 30.3 Å². The van der Waals surface area contributed by atoms with Crippen molar-refractivity contribution in [3.8, 4) is 0 Å². The first-order valence-electron chi connectivity index (χ1n) is 5.54. The minimum Gasteiger partial charge on any atom is -0.396 e. The van der Waals surface area contributed by atoms with Crippen LogP contribution in [0.25, 0.3) is 0 Å². The normalized spacial score (nSPS) is 9.78. The zero-order valence-corrected chi connectivity index (χ0v) is 9.76. The van der Waals surface area contributed by atoms with Gasteiger partial charge in [-0.05, 0) is 11.6 Å². The molecule has 5 heteroatoms. The molecule has 0 bridgehead atoms. The highest BCUT2D eigenvalue weighted by atomic mass is 16.2. The van der Waals surface area contributed by atoms with Crippen molar-refractivity contribution < 1.29 is 4.79 Å². The number of amides is 2. The maximum absolute atomic E-state index is 11.6. The molecule has 4 N–H and O–H groups in total. The van der Waals surface area contributed by atoms with Crippen molar-refractivity contribution >= 4 is 17.4 Å². The van der Waals surface area contributed by atoms with Crippen LogP contribution in [0.3, 0.4) is 0 Å². The first-order chi connectivity index (χ1) is 8.75. The summed E-state index contributed by atoms with van der Waals surface area (Å²) in [5.74, 6) is 0. The minimum absolute atomic E-state index is 0.295. The number of hydrogen-bond donors (Lipinski definition) is 3. The molecule has 2 amide bonds. The van der Waals surface area contributed by atoms with Gasteiger partial charge in [0.2, 0.25) is 0 Å². The fraction of sp³-hybridized carbons (Fsp3) is 0.0769. The van der Waals surface area contributed by atoms with E-state index in [0.717, 1.165) is 5.56 Å². The van der Waals surface area contributed by atoms with Crippen LogP contribution in [0.4, 0.5) is 16.2 Å². The number of nitrogens with zero attached hydrogens (tertiary/aromatic N) is 1. The Morgan fingerprint density at radius 1 is 1.22 bits per heavy atom. The number of nitrogens with two attached hydrogens (primary N) is 1. The van der Waals surface area contributed by atoms with Gasteiger partial charge in [-0.3, -0.25) is 4.98 Å². The van der Waals surface area contributed by atoms with Gasteiger partial charge >= 0.3 is 6.03 Å². The third-order valence-corrected chi connectivity index (χ3v) is 2.40. The van der Waals surface area contributed by atoms with Crippen LogP contribution in [0.15, 0.2) is 48.8 Å². The Hall–Kier alpha value is -2.56. The second-order valence-electron chi connectivity index (χ2n) is 3.76. The summed E-state index contributed by atoms with van der Waals surface area (Å²) >= 11 is 0. The predicted octanol–water partition coefficient (Wildman–Crippen LogP) is 1.99. The van der Waals surface area contributed by atoms with Crippen molar-refractivity contribution in [1.82, 2.24) is 10.3 Å². The van der Waals surface area contributed by atoms with Crippen LogP contribution in [0.1, 0.15) is 5.56 Å². The van der Waals surface area contributed by atoms with Crippen LogP contribution in [-0.2, 0) is 6.54 Å². The van der Waals surface area contributed by atoms with E-state index in [0.29, 0.717) is 17.9 Å². The lowest BCUT2D eigenvalue weighted by molar-refractivity contribution is 0.252. The highest BCUT2D eigenvalue weighted by Crippen LogP contribution is 2.14. The molecule has 18 heavy (non-hydrogen) atoms. The molecule has 2 rings (SSSR count). The van der Waals surface area contributed by atoms with E-state index in [4.69, 9.17) is 5.73 Å². The third-order valence-electron chi connectivity index (χ3n) is 2.40. The van der Waals surface area contributed by atoms with Gasteiger partial charge in [0.15, 0.2) is 0 Å². The molecule has 0 aliphatic heterocycles. The second kappa shape index (κ2) is 5.67. The summed E-state index contributed by atoms with van der Waals surface area (Å²) in [5.41, 5.74) is 7.70. The molecule has 0 aliphatic rings. The summed E-state index contributed by atoms with van der Waals surface area (Å²) in [5, 5.41) is 5.41. The Kier molecular flexibility index (Phi) is 3.76. The first kappa shape index (κ1) is 11.9. The van der Waals surface area contributed by atoms with Gasteiger partial charge in [0.25, 0.3) is 0 Å². The Morgan fingerprint density at radius 2 is 2.00 bits per heavy atom. The minimum atomic E-state index is -0.295. The lowest BCUT2D eigenvalue weighted by Crippen LogP contribution is -2.28. The number of anilines is 2. The van der Waals surface area contributed by atoms with E-state index < -0.39 is 0 Å². The number of hydrogen-bond acceptors (Lipinski definition) is 3. The van der Waals surface area contributed by atoms with E-state index in [9.17, 15) is 4.79 Å². The monoisotopic (exact) mass is 242 g/mol. The number of nitrogen functional groups attached to an aromatic ring is 1. The number of urea groups is 1. The lowest BCUT2D eigenvalue weighted by Gasteiger charge is -2.09. The van der Waals surface area contributed by atoms with Gasteiger partial charge in [0.05, 0.1) is 17.6 Å². The summed E-state index contributed by atoms with van der Waals surface area (Å²) in [6.45, 7) is 0.470. The maximum atomic E-state index is 11.6. The van der Waals surface area contributed by atoms with Crippen molar-refractivity contribution in [3.63, 3.8) is 0 Å². The summed E-state index contributed by atoms with van der Waals surface area (Å²) < 4.78 is 0. The van der Waals surface area contributed by atoms with Gasteiger partial charge in [0, 0.05) is 12.7 Å². The standard InChI is InChI=1S/C13H14N4O/c14-11-9-15-7-6-12(11)17-13(18)16-8-10-4-2-1-3-5-10/h1-7,9H,8,14H2,(H2,15,16,17,18). The average Bonchev–Trinajstić information content (AvgIpc) is 2.40. The lowest BCUT2D eigenvalue weighted by atomic mass is 10.2. The molecule has 0 atom stereocenters. The number of pyridine rings is 1. The van der Waals surface area contributed by atoms with Gasteiger partial charge in [0.1, 0.15) is 0 Å². The molecule has 1 aromatic carbocycles. The zero-order chi connectivity index (χ0) is 12.8. The topological polar surface area (TPSA) is 80.0 Å². The number of carbonyl (C=O) groups excluding carboxylic acids is 1. The van der Waals surface area contributed by atoms with Crippen LogP contribution < -0.4 is 16.4 Å². The van der Waals surface area contributed by atoms with Crippen LogP contribution in [-0.4, -0.2) is 11.0 Å². The maximum Gasteiger partial charge on any atom is 0.319 e. The predicted molar refractivity (Wildman–Crippen MR) is 70.9 cm³/mol. The molecule has 92 valence electrons. The van der Waals surface area contributed by atoms with E-state index >= 15 is 0 Å².